The minimum atomic E-state index is 0.711. The van der Waals surface area contributed by atoms with Gasteiger partial charge in [0.15, 0.2) is 0 Å². The molecular weight excluding hydrogens is 184 g/mol. The molecule has 0 bridgehead atoms. The van der Waals surface area contributed by atoms with E-state index in [-0.39, 0.29) is 0 Å². The lowest BCUT2D eigenvalue weighted by atomic mass is 9.96. The number of nitrogens with zero attached hydrogens (tertiary/aromatic N) is 1. The lowest BCUT2D eigenvalue weighted by Crippen LogP contribution is -2.55. The molecule has 2 heteroatoms. The number of rotatable bonds is 5. The van der Waals surface area contributed by atoms with Gasteiger partial charge in [-0.2, -0.15) is 0 Å². The van der Waals surface area contributed by atoms with Crippen molar-refractivity contribution in [1.29, 1.82) is 0 Å². The molecule has 90 valence electrons. The third kappa shape index (κ3) is 3.76. The topological polar surface area (TPSA) is 15.3 Å². The Morgan fingerprint density at radius 2 is 2.07 bits per heavy atom. The van der Waals surface area contributed by atoms with Gasteiger partial charge in [-0.1, -0.05) is 33.6 Å². The van der Waals surface area contributed by atoms with Crippen LogP contribution in [0.4, 0.5) is 0 Å². The highest BCUT2D eigenvalue weighted by Crippen LogP contribution is 2.15. The number of nitrogens with one attached hydrogen (secondary N) is 1. The average molecular weight is 212 g/mol. The fraction of sp³-hybridized carbons (Fsp3) is 1.00. The highest BCUT2D eigenvalue weighted by Gasteiger charge is 2.25. The summed E-state index contributed by atoms with van der Waals surface area (Å²) < 4.78 is 0. The molecule has 1 aliphatic heterocycles. The van der Waals surface area contributed by atoms with Crippen LogP contribution in [0.5, 0.6) is 0 Å². The Kier molecular flexibility index (Phi) is 5.62. The Labute approximate surface area is 95.4 Å². The van der Waals surface area contributed by atoms with Gasteiger partial charge in [0, 0.05) is 31.7 Å². The molecular formula is C13H28N2. The molecule has 2 nitrogen and oxygen atoms in total. The number of hydrogen-bond acceptors (Lipinski definition) is 2. The lowest BCUT2D eigenvalue weighted by Gasteiger charge is -2.39. The van der Waals surface area contributed by atoms with Crippen molar-refractivity contribution in [2.75, 3.05) is 19.6 Å². The smallest absolute Gasteiger partial charge is 0.0221 e. The minimum Gasteiger partial charge on any atom is -0.311 e. The molecule has 0 amide bonds. The molecule has 1 aliphatic rings. The van der Waals surface area contributed by atoms with Gasteiger partial charge in [0.1, 0.15) is 0 Å². The van der Waals surface area contributed by atoms with Gasteiger partial charge in [0.2, 0.25) is 0 Å². The third-order valence-corrected chi connectivity index (χ3v) is 3.90. The minimum absolute atomic E-state index is 0.711. The first-order valence-corrected chi connectivity index (χ1v) is 6.66. The van der Waals surface area contributed by atoms with Crippen LogP contribution in [0, 0.1) is 5.92 Å². The van der Waals surface area contributed by atoms with Gasteiger partial charge < -0.3 is 5.32 Å². The van der Waals surface area contributed by atoms with E-state index in [9.17, 15) is 0 Å². The van der Waals surface area contributed by atoms with Crippen molar-refractivity contribution < 1.29 is 0 Å². The Hall–Kier alpha value is -0.0800. The third-order valence-electron chi connectivity index (χ3n) is 3.90. The summed E-state index contributed by atoms with van der Waals surface area (Å²) in [5.41, 5.74) is 0. The van der Waals surface area contributed by atoms with Gasteiger partial charge in [0.05, 0.1) is 0 Å². The largest absolute Gasteiger partial charge is 0.311 e. The standard InChI is InChI=1S/C13H28N2/c1-5-7-12(4)15-9-8-14-13(10-15)11(3)6-2/h11-14H,5-10H2,1-4H3. The molecule has 0 aliphatic carbocycles. The van der Waals surface area contributed by atoms with Crippen molar-refractivity contribution >= 4 is 0 Å². The van der Waals surface area contributed by atoms with Gasteiger partial charge in [-0.25, -0.2) is 0 Å². The number of piperazine rings is 1. The molecule has 3 atom stereocenters. The lowest BCUT2D eigenvalue weighted by molar-refractivity contribution is 0.124. The van der Waals surface area contributed by atoms with E-state index in [1.807, 2.05) is 0 Å². The summed E-state index contributed by atoms with van der Waals surface area (Å²) in [5, 5.41) is 3.66. The van der Waals surface area contributed by atoms with E-state index in [2.05, 4.69) is 37.9 Å². The fourth-order valence-electron chi connectivity index (χ4n) is 2.47. The van der Waals surface area contributed by atoms with Crippen LogP contribution in [-0.4, -0.2) is 36.6 Å². The maximum atomic E-state index is 3.66. The van der Waals surface area contributed by atoms with Crippen molar-refractivity contribution in [2.24, 2.45) is 5.92 Å². The summed E-state index contributed by atoms with van der Waals surface area (Å²) in [6, 6.07) is 1.48. The summed E-state index contributed by atoms with van der Waals surface area (Å²) in [6.45, 7) is 13.0. The van der Waals surface area contributed by atoms with E-state index in [4.69, 9.17) is 0 Å². The van der Waals surface area contributed by atoms with Crippen LogP contribution in [0.25, 0.3) is 0 Å². The van der Waals surface area contributed by atoms with E-state index < -0.39 is 0 Å². The molecule has 0 aromatic carbocycles. The van der Waals surface area contributed by atoms with Crippen LogP contribution < -0.4 is 5.32 Å². The highest BCUT2D eigenvalue weighted by atomic mass is 15.2. The molecule has 1 saturated heterocycles. The van der Waals surface area contributed by atoms with Crippen LogP contribution in [0.1, 0.15) is 47.0 Å². The molecule has 1 heterocycles. The normalized spacial score (nSPS) is 27.6. The average Bonchev–Trinajstić information content (AvgIpc) is 2.28. The summed E-state index contributed by atoms with van der Waals surface area (Å²) in [6.07, 6.45) is 3.93. The maximum absolute atomic E-state index is 3.66. The first kappa shape index (κ1) is 13.0. The van der Waals surface area contributed by atoms with E-state index in [1.54, 1.807) is 0 Å². The second kappa shape index (κ2) is 6.49. The monoisotopic (exact) mass is 212 g/mol. The van der Waals surface area contributed by atoms with Crippen LogP contribution in [0.15, 0.2) is 0 Å². The van der Waals surface area contributed by atoms with Gasteiger partial charge in [-0.15, -0.1) is 0 Å². The first-order chi connectivity index (χ1) is 7.19. The van der Waals surface area contributed by atoms with E-state index in [0.717, 1.165) is 12.0 Å². The number of hydrogen-bond donors (Lipinski definition) is 1. The van der Waals surface area contributed by atoms with Crippen LogP contribution in [0.3, 0.4) is 0 Å². The zero-order chi connectivity index (χ0) is 11.3. The van der Waals surface area contributed by atoms with Crippen LogP contribution in [0.2, 0.25) is 0 Å². The first-order valence-electron chi connectivity index (χ1n) is 6.66. The second-order valence-corrected chi connectivity index (χ2v) is 5.08. The molecule has 0 aromatic rings. The second-order valence-electron chi connectivity index (χ2n) is 5.08. The Bertz CT molecular complexity index is 170. The highest BCUT2D eigenvalue weighted by molar-refractivity contribution is 4.84. The Morgan fingerprint density at radius 3 is 2.67 bits per heavy atom. The van der Waals surface area contributed by atoms with Crippen molar-refractivity contribution in [1.82, 2.24) is 10.2 Å². The summed E-state index contributed by atoms with van der Waals surface area (Å²) in [4.78, 5) is 2.66. The molecule has 1 N–H and O–H groups in total. The zero-order valence-electron chi connectivity index (χ0n) is 10.9. The van der Waals surface area contributed by atoms with Crippen molar-refractivity contribution in [3.05, 3.63) is 0 Å². The maximum Gasteiger partial charge on any atom is 0.0221 e. The van der Waals surface area contributed by atoms with Gasteiger partial charge in [-0.05, 0) is 19.3 Å². The van der Waals surface area contributed by atoms with E-state index in [0.29, 0.717) is 6.04 Å². The summed E-state index contributed by atoms with van der Waals surface area (Å²) in [5.74, 6) is 0.807. The molecule has 0 saturated carbocycles. The summed E-state index contributed by atoms with van der Waals surface area (Å²) >= 11 is 0. The summed E-state index contributed by atoms with van der Waals surface area (Å²) in [7, 11) is 0. The van der Waals surface area contributed by atoms with Gasteiger partial charge >= 0.3 is 0 Å². The van der Waals surface area contributed by atoms with Crippen molar-refractivity contribution in [3.8, 4) is 0 Å². The molecule has 0 aromatic heterocycles. The molecule has 1 rings (SSSR count). The Morgan fingerprint density at radius 1 is 1.33 bits per heavy atom. The van der Waals surface area contributed by atoms with E-state index >= 15 is 0 Å². The molecule has 0 spiro atoms. The molecule has 1 fully saturated rings. The predicted molar refractivity (Wildman–Crippen MR) is 67.2 cm³/mol. The van der Waals surface area contributed by atoms with Crippen LogP contribution >= 0.6 is 0 Å². The van der Waals surface area contributed by atoms with Crippen molar-refractivity contribution in [3.63, 3.8) is 0 Å². The van der Waals surface area contributed by atoms with Gasteiger partial charge in [-0.3, -0.25) is 4.90 Å². The quantitative estimate of drug-likeness (QED) is 0.753. The SMILES string of the molecule is CCCC(C)N1CCNC(C(C)CC)C1. The molecule has 15 heavy (non-hydrogen) atoms. The zero-order valence-corrected chi connectivity index (χ0v) is 10.9. The van der Waals surface area contributed by atoms with Crippen LogP contribution in [-0.2, 0) is 0 Å². The molecule has 3 unspecified atom stereocenters. The Balaban J connectivity index is 2.41. The predicted octanol–water partition coefficient (Wildman–Crippen LogP) is 2.49. The van der Waals surface area contributed by atoms with Crippen molar-refractivity contribution in [2.45, 2.75) is 59.0 Å². The van der Waals surface area contributed by atoms with Gasteiger partial charge in [0.25, 0.3) is 0 Å². The fourth-order valence-corrected chi connectivity index (χ4v) is 2.47. The molecule has 0 radical (unpaired) electrons. The van der Waals surface area contributed by atoms with E-state index in [1.165, 1.54) is 38.9 Å².